The van der Waals surface area contributed by atoms with E-state index in [0.29, 0.717) is 17.7 Å². The lowest BCUT2D eigenvalue weighted by molar-refractivity contribution is -0.138. The Hall–Kier alpha value is -2.96. The van der Waals surface area contributed by atoms with E-state index in [2.05, 4.69) is 10.3 Å². The maximum Gasteiger partial charge on any atom is 0.293 e. The number of rotatable bonds is 7. The molecule has 34 heavy (non-hydrogen) atoms. The van der Waals surface area contributed by atoms with Gasteiger partial charge in [-0.2, -0.15) is 4.31 Å². The molecule has 4 rings (SSSR count). The molecule has 2 fully saturated rings. The van der Waals surface area contributed by atoms with Gasteiger partial charge < -0.3 is 10.2 Å². The third-order valence-electron chi connectivity index (χ3n) is 6.03. The van der Waals surface area contributed by atoms with Crippen molar-refractivity contribution in [2.75, 3.05) is 13.1 Å². The number of nitrogens with zero attached hydrogens (tertiary/aromatic N) is 3. The van der Waals surface area contributed by atoms with Crippen molar-refractivity contribution in [2.24, 2.45) is 0 Å². The molecule has 2 saturated heterocycles. The zero-order valence-electron chi connectivity index (χ0n) is 18.4. The minimum atomic E-state index is -4.48. The van der Waals surface area contributed by atoms with Crippen LogP contribution < -0.4 is 5.32 Å². The van der Waals surface area contributed by atoms with Crippen molar-refractivity contribution in [3.05, 3.63) is 52.5 Å². The molecular weight excluding hydrogens is 480 g/mol. The Balaban J connectivity index is 1.53. The second kappa shape index (κ2) is 9.72. The van der Waals surface area contributed by atoms with Crippen LogP contribution in [0.1, 0.15) is 46.2 Å². The van der Waals surface area contributed by atoms with Crippen molar-refractivity contribution < 1.29 is 27.6 Å². The van der Waals surface area contributed by atoms with E-state index < -0.39 is 51.5 Å². The molecular formula is C22H24N4O6S2. The molecule has 0 radical (unpaired) electrons. The molecule has 4 heterocycles. The molecule has 3 unspecified atom stereocenters. The highest BCUT2D eigenvalue weighted by Crippen LogP contribution is 2.33. The van der Waals surface area contributed by atoms with E-state index in [4.69, 9.17) is 0 Å². The minimum Gasteiger partial charge on any atom is -0.340 e. The lowest BCUT2D eigenvalue weighted by Crippen LogP contribution is -2.52. The Morgan fingerprint density at radius 3 is 2.71 bits per heavy atom. The lowest BCUT2D eigenvalue weighted by atomic mass is 10.1. The van der Waals surface area contributed by atoms with E-state index in [0.717, 1.165) is 10.5 Å². The van der Waals surface area contributed by atoms with Crippen LogP contribution >= 0.6 is 11.3 Å². The van der Waals surface area contributed by atoms with Crippen molar-refractivity contribution in [1.29, 1.82) is 0 Å². The first-order valence-electron chi connectivity index (χ1n) is 10.9. The van der Waals surface area contributed by atoms with Crippen LogP contribution in [0.2, 0.25) is 0 Å². The van der Waals surface area contributed by atoms with Crippen molar-refractivity contribution >= 4 is 44.1 Å². The second-order valence-corrected chi connectivity index (χ2v) is 10.9. The van der Waals surface area contributed by atoms with Gasteiger partial charge in [0.25, 0.3) is 21.0 Å². The van der Waals surface area contributed by atoms with Crippen LogP contribution in [0.4, 0.5) is 0 Å². The number of pyridine rings is 1. The highest BCUT2D eigenvalue weighted by Gasteiger charge is 2.55. The Morgan fingerprint density at radius 2 is 2.06 bits per heavy atom. The number of hydrogen-bond donors (Lipinski definition) is 1. The summed E-state index contributed by atoms with van der Waals surface area (Å²) < 4.78 is 27.0. The maximum atomic E-state index is 13.4. The molecule has 2 aliphatic rings. The van der Waals surface area contributed by atoms with Gasteiger partial charge in [0.1, 0.15) is 12.1 Å². The summed E-state index contributed by atoms with van der Waals surface area (Å²) >= 11 is 1.25. The normalized spacial score (nSPS) is 21.3. The van der Waals surface area contributed by atoms with Crippen LogP contribution in [0.25, 0.3) is 0 Å². The molecule has 2 amide bonds. The van der Waals surface area contributed by atoms with Crippen LogP contribution in [0, 0.1) is 0 Å². The van der Waals surface area contributed by atoms with E-state index in [1.165, 1.54) is 34.6 Å². The molecule has 0 aliphatic carbocycles. The van der Waals surface area contributed by atoms with Crippen LogP contribution in [0.15, 0.2) is 42.0 Å². The molecule has 12 heteroatoms. The molecule has 3 atom stereocenters. The van der Waals surface area contributed by atoms with E-state index in [1.807, 2.05) is 6.92 Å². The number of fused-ring (bicyclic) bond motifs is 1. The van der Waals surface area contributed by atoms with Crippen LogP contribution in [0.5, 0.6) is 0 Å². The number of Topliss-reactive ketones (excluding diaryl/α,β-unsaturated/α-hetero) is 1. The fourth-order valence-electron chi connectivity index (χ4n) is 4.46. The van der Waals surface area contributed by atoms with Gasteiger partial charge in [-0.3, -0.25) is 24.2 Å². The van der Waals surface area contributed by atoms with E-state index in [9.17, 15) is 27.6 Å². The first-order valence-corrected chi connectivity index (χ1v) is 13.2. The zero-order chi connectivity index (χ0) is 24.5. The van der Waals surface area contributed by atoms with Crippen LogP contribution in [-0.4, -0.2) is 76.5 Å². The zero-order valence-corrected chi connectivity index (χ0v) is 20.0. The number of aromatic nitrogens is 1. The SMILES string of the molecule is CCCC(NC(=O)c1cccs1)C(=O)N1CCC2C1C(=O)CN2S(=O)(=O)C(=O)c1cccnc1. The average molecular weight is 505 g/mol. The van der Waals surface area contributed by atoms with Gasteiger partial charge in [-0.15, -0.1) is 11.3 Å². The van der Waals surface area contributed by atoms with Crippen LogP contribution in [-0.2, 0) is 19.6 Å². The number of ketones is 1. The number of thiophene rings is 1. The Morgan fingerprint density at radius 1 is 1.26 bits per heavy atom. The Labute approximate surface area is 201 Å². The monoisotopic (exact) mass is 504 g/mol. The number of amides is 2. The minimum absolute atomic E-state index is 0.0939. The third-order valence-corrected chi connectivity index (χ3v) is 8.62. The van der Waals surface area contributed by atoms with Gasteiger partial charge >= 0.3 is 0 Å². The van der Waals surface area contributed by atoms with Gasteiger partial charge in [-0.25, -0.2) is 8.42 Å². The summed E-state index contributed by atoms with van der Waals surface area (Å²) in [5.74, 6) is -1.25. The fraction of sp³-hybridized carbons (Fsp3) is 0.409. The molecule has 2 aromatic heterocycles. The molecule has 2 aliphatic heterocycles. The predicted molar refractivity (Wildman–Crippen MR) is 124 cm³/mol. The van der Waals surface area contributed by atoms with Gasteiger partial charge in [0.2, 0.25) is 5.91 Å². The second-order valence-electron chi connectivity index (χ2n) is 8.17. The number of nitrogens with one attached hydrogen (secondary N) is 1. The number of carbonyl (C=O) groups is 4. The Bertz CT molecular complexity index is 1200. The molecule has 0 saturated carbocycles. The molecule has 0 spiro atoms. The van der Waals surface area contributed by atoms with Gasteiger partial charge in [-0.1, -0.05) is 19.4 Å². The molecule has 10 nitrogen and oxygen atoms in total. The topological polar surface area (TPSA) is 134 Å². The number of carbonyl (C=O) groups excluding carboxylic acids is 4. The Kier molecular flexibility index (Phi) is 6.91. The summed E-state index contributed by atoms with van der Waals surface area (Å²) in [5, 5.41) is 3.38. The largest absolute Gasteiger partial charge is 0.340 e. The highest BCUT2D eigenvalue weighted by molar-refractivity contribution is 8.04. The number of hydrogen-bond acceptors (Lipinski definition) is 8. The molecule has 1 N–H and O–H groups in total. The van der Waals surface area contributed by atoms with Crippen molar-refractivity contribution in [3.8, 4) is 0 Å². The molecule has 0 bridgehead atoms. The summed E-state index contributed by atoms with van der Waals surface area (Å²) in [7, 11) is -4.48. The quantitative estimate of drug-likeness (QED) is 0.596. The fourth-order valence-corrected chi connectivity index (χ4v) is 6.60. The number of sulfonamides is 1. The van der Waals surface area contributed by atoms with Gasteiger partial charge in [0.05, 0.1) is 23.0 Å². The summed E-state index contributed by atoms with van der Waals surface area (Å²) in [6.45, 7) is 1.55. The standard InChI is InChI=1S/C22H24N4O6S2/c1-2-5-15(24-20(28)18-7-4-11-33-18)21(29)25-10-8-16-19(25)17(27)13-26(16)34(31,32)22(30)14-6-3-9-23-12-14/h3-4,6-7,9,11-12,15-16,19H,2,5,8,10,13H2,1H3,(H,24,28). The smallest absolute Gasteiger partial charge is 0.293 e. The van der Waals surface area contributed by atoms with Gasteiger partial charge in [0.15, 0.2) is 5.78 Å². The van der Waals surface area contributed by atoms with Crippen molar-refractivity contribution in [1.82, 2.24) is 19.5 Å². The van der Waals surface area contributed by atoms with Gasteiger partial charge in [-0.05, 0) is 36.4 Å². The maximum absolute atomic E-state index is 13.4. The highest BCUT2D eigenvalue weighted by atomic mass is 32.2. The summed E-state index contributed by atoms with van der Waals surface area (Å²) in [6.07, 6.45) is 3.80. The summed E-state index contributed by atoms with van der Waals surface area (Å²) in [6, 6.07) is 3.54. The van der Waals surface area contributed by atoms with E-state index in [-0.39, 0.29) is 24.4 Å². The summed E-state index contributed by atoms with van der Waals surface area (Å²) in [4.78, 5) is 57.0. The van der Waals surface area contributed by atoms with Crippen molar-refractivity contribution in [2.45, 2.75) is 44.3 Å². The van der Waals surface area contributed by atoms with Gasteiger partial charge in [0, 0.05) is 18.9 Å². The van der Waals surface area contributed by atoms with Crippen LogP contribution in [0.3, 0.4) is 0 Å². The average Bonchev–Trinajstić information content (AvgIpc) is 3.57. The summed E-state index contributed by atoms with van der Waals surface area (Å²) in [5.41, 5.74) is -0.0939. The molecule has 180 valence electrons. The van der Waals surface area contributed by atoms with E-state index in [1.54, 1.807) is 17.5 Å². The molecule has 2 aromatic rings. The molecule has 0 aromatic carbocycles. The lowest BCUT2D eigenvalue weighted by Gasteiger charge is -2.28. The van der Waals surface area contributed by atoms with Crippen molar-refractivity contribution in [3.63, 3.8) is 0 Å². The predicted octanol–water partition coefficient (Wildman–Crippen LogP) is 1.07. The first kappa shape index (κ1) is 24.2. The third kappa shape index (κ3) is 4.40. The first-order chi connectivity index (χ1) is 16.3. The van der Waals surface area contributed by atoms with E-state index >= 15 is 0 Å². The number of likely N-dealkylation sites (tertiary alicyclic amines) is 1.